The molecule has 66 valence electrons. The molecule has 10 heavy (non-hydrogen) atoms. The first kappa shape index (κ1) is 17.6. The van der Waals surface area contributed by atoms with Crippen molar-refractivity contribution in [2.24, 2.45) is 0 Å². The Morgan fingerprint density at radius 2 is 1.50 bits per heavy atom. The van der Waals surface area contributed by atoms with E-state index >= 15 is 0 Å². The van der Waals surface area contributed by atoms with Gasteiger partial charge in [-0.3, -0.25) is 0 Å². The Bertz CT molecular complexity index is 66.0. The van der Waals surface area contributed by atoms with Crippen LogP contribution in [0.3, 0.4) is 0 Å². The fourth-order valence-corrected chi connectivity index (χ4v) is 5.22. The van der Waals surface area contributed by atoms with Crippen LogP contribution in [0.4, 0.5) is 0 Å². The smallest absolute Gasteiger partial charge is 0.412 e. The zero-order chi connectivity index (χ0) is 6.62. The summed E-state index contributed by atoms with van der Waals surface area (Å²) in [6, 6.07) is 0. The summed E-state index contributed by atoms with van der Waals surface area (Å²) >= 11 is -2.89. The minimum atomic E-state index is -2.89. The molecule has 0 fully saturated rings. The van der Waals surface area contributed by atoms with E-state index in [9.17, 15) is 0 Å². The van der Waals surface area contributed by atoms with Crippen LogP contribution in [0.2, 0.25) is 4.44 Å². The molecule has 0 saturated heterocycles. The van der Waals surface area contributed by atoms with E-state index in [0.29, 0.717) is 0 Å². The molecule has 0 aliphatic carbocycles. The van der Waals surface area contributed by atoms with Crippen LogP contribution in [-0.2, 0) is 0 Å². The van der Waals surface area contributed by atoms with Crippen LogP contribution in [0.5, 0.6) is 0 Å². The normalized spacial score (nSPS) is 9.60. The topological polar surface area (TPSA) is 63.0 Å². The van der Waals surface area contributed by atoms with Crippen molar-refractivity contribution in [3.05, 3.63) is 0 Å². The molecule has 0 radical (unpaired) electrons. The second-order valence-corrected chi connectivity index (χ2v) is 23.5. The van der Waals surface area contributed by atoms with Crippen molar-refractivity contribution in [3.8, 4) is 0 Å². The predicted molar refractivity (Wildman–Crippen MR) is 50.3 cm³/mol. The summed E-state index contributed by atoms with van der Waals surface area (Å²) in [5.74, 6) is 0. The van der Waals surface area contributed by atoms with Gasteiger partial charge in [0.1, 0.15) is 0 Å². The average Bonchev–Trinajstić information content (AvgIpc) is 1.59. The van der Waals surface area contributed by atoms with Gasteiger partial charge in [-0.2, -0.15) is 0 Å². The first-order valence-electron chi connectivity index (χ1n) is 2.63. The quantitative estimate of drug-likeness (QED) is 0.712. The van der Waals surface area contributed by atoms with Crippen molar-refractivity contribution < 1.29 is 11.0 Å². The van der Waals surface area contributed by atoms with Crippen LogP contribution < -0.4 is 0 Å². The number of hydrogen-bond acceptors (Lipinski definition) is 0. The van der Waals surface area contributed by atoms with Crippen LogP contribution in [0.25, 0.3) is 0 Å². The largest absolute Gasteiger partial charge is 0.412 e. The van der Waals surface area contributed by atoms with Crippen LogP contribution in [0.15, 0.2) is 0 Å². The molecule has 0 heterocycles. The van der Waals surface area contributed by atoms with Crippen LogP contribution in [0.1, 0.15) is 19.8 Å². The van der Waals surface area contributed by atoms with Gasteiger partial charge in [-0.15, -0.1) is 0 Å². The summed E-state index contributed by atoms with van der Waals surface area (Å²) in [5.41, 5.74) is 0. The van der Waals surface area contributed by atoms with Gasteiger partial charge in [-0.05, 0) is 0 Å². The van der Waals surface area contributed by atoms with Gasteiger partial charge in [0.25, 0.3) is 0 Å². The van der Waals surface area contributed by atoms with Crippen LogP contribution in [0, 0.1) is 0 Å². The maximum Gasteiger partial charge on any atom is -0.412 e. The first-order valence-corrected chi connectivity index (χ1v) is 15.5. The fraction of sp³-hybridized carbons (Fsp3) is 1.00. The minimum absolute atomic E-state index is 0. The van der Waals surface area contributed by atoms with Crippen molar-refractivity contribution in [1.82, 2.24) is 0 Å². The third-order valence-corrected chi connectivity index (χ3v) is 7.24. The first-order chi connectivity index (χ1) is 3.56. The third kappa shape index (κ3) is 16.3. The number of unbranched alkanes of at least 4 members (excludes halogenated alkanes) is 1. The summed E-state index contributed by atoms with van der Waals surface area (Å²) in [6.45, 7) is 2.10. The van der Waals surface area contributed by atoms with E-state index in [1.165, 1.54) is 0 Å². The number of hydrogen-bond donors (Lipinski definition) is 0. The molecule has 0 aliphatic heterocycles. The second-order valence-electron chi connectivity index (χ2n) is 1.72. The molecular formula is C4H13Cl3O2Sn. The van der Waals surface area contributed by atoms with Gasteiger partial charge in [-0.1, -0.05) is 0 Å². The molecule has 0 unspecified atom stereocenters. The Labute approximate surface area is 76.5 Å². The maximum atomic E-state index is 5.65. The van der Waals surface area contributed by atoms with E-state index in [4.69, 9.17) is 26.8 Å². The Kier molecular flexibility index (Phi) is 15.3. The van der Waals surface area contributed by atoms with Gasteiger partial charge in [0, 0.05) is 0 Å². The van der Waals surface area contributed by atoms with Crippen molar-refractivity contribution in [3.63, 3.8) is 0 Å². The zero-order valence-corrected chi connectivity index (χ0v) is 10.9. The number of halogens is 3. The SMILES string of the molecule is CCC[CH2][Sn]([Cl])([Cl])[Cl].O.O. The average molecular weight is 318 g/mol. The molecule has 0 aromatic heterocycles. The Hall–Kier alpha value is 1.59. The van der Waals surface area contributed by atoms with Crippen molar-refractivity contribution in [2.75, 3.05) is 0 Å². The van der Waals surface area contributed by atoms with Crippen LogP contribution in [-0.4, -0.2) is 25.9 Å². The van der Waals surface area contributed by atoms with Gasteiger partial charge < -0.3 is 11.0 Å². The van der Waals surface area contributed by atoms with E-state index in [1.54, 1.807) is 0 Å². The van der Waals surface area contributed by atoms with E-state index in [0.717, 1.165) is 17.3 Å². The molecule has 0 aromatic rings. The summed E-state index contributed by atoms with van der Waals surface area (Å²) in [6.07, 6.45) is 2.21. The van der Waals surface area contributed by atoms with Crippen molar-refractivity contribution in [1.29, 1.82) is 0 Å². The van der Waals surface area contributed by atoms with E-state index in [2.05, 4.69) is 6.92 Å². The monoisotopic (exact) mass is 318 g/mol. The van der Waals surface area contributed by atoms with E-state index in [-0.39, 0.29) is 11.0 Å². The fourth-order valence-electron chi connectivity index (χ4n) is 0.377. The zero-order valence-electron chi connectivity index (χ0n) is 5.76. The van der Waals surface area contributed by atoms with Crippen molar-refractivity contribution >= 4 is 41.8 Å². The third-order valence-electron chi connectivity index (χ3n) is 0.814. The second kappa shape index (κ2) is 8.68. The summed E-state index contributed by atoms with van der Waals surface area (Å²) in [5, 5.41) is 0. The summed E-state index contributed by atoms with van der Waals surface area (Å²) in [7, 11) is 17.0. The Morgan fingerprint density at radius 3 is 1.60 bits per heavy atom. The molecule has 0 spiro atoms. The molecule has 0 aliphatic rings. The van der Waals surface area contributed by atoms with Gasteiger partial charge in [0.05, 0.1) is 0 Å². The molecular weight excluding hydrogens is 305 g/mol. The van der Waals surface area contributed by atoms with E-state index in [1.807, 2.05) is 0 Å². The predicted octanol–water partition coefficient (Wildman–Crippen LogP) is 1.79. The Balaban J connectivity index is -0.000000245. The summed E-state index contributed by atoms with van der Waals surface area (Å²) in [4.78, 5) is 0. The molecule has 2 nitrogen and oxygen atoms in total. The summed E-state index contributed by atoms with van der Waals surface area (Å²) < 4.78 is 0.871. The molecule has 6 heteroatoms. The molecule has 0 saturated carbocycles. The Morgan fingerprint density at radius 1 is 1.10 bits per heavy atom. The molecule has 0 rings (SSSR count). The molecule has 4 N–H and O–H groups in total. The molecule has 0 aromatic carbocycles. The molecule has 0 bridgehead atoms. The number of rotatable bonds is 3. The van der Waals surface area contributed by atoms with Crippen LogP contribution >= 0.6 is 26.8 Å². The van der Waals surface area contributed by atoms with Crippen molar-refractivity contribution in [2.45, 2.75) is 24.2 Å². The minimum Gasteiger partial charge on any atom is -0.412 e. The molecule has 0 atom stereocenters. The van der Waals surface area contributed by atoms with Gasteiger partial charge in [-0.25, -0.2) is 0 Å². The standard InChI is InChI=1S/C4H9.3ClH.2H2O.Sn/c1-3-4-2;;;;;;/h1,3-4H2,2H3;3*1H;2*1H2;/q;;;;;;+3/p-3. The van der Waals surface area contributed by atoms with Gasteiger partial charge in [0.15, 0.2) is 0 Å². The van der Waals surface area contributed by atoms with Gasteiger partial charge >= 0.3 is 66.0 Å². The molecule has 0 amide bonds. The van der Waals surface area contributed by atoms with Gasteiger partial charge in [0.2, 0.25) is 0 Å². The van der Waals surface area contributed by atoms with E-state index < -0.39 is 15.0 Å². The maximum absolute atomic E-state index is 5.65.